The van der Waals surface area contributed by atoms with Crippen LogP contribution < -0.4 is 0 Å². The number of ether oxygens (including phenoxy) is 5. The lowest BCUT2D eigenvalue weighted by atomic mass is 9.89. The molecule has 1 heterocycles. The molecule has 0 bridgehead atoms. The van der Waals surface area contributed by atoms with Crippen molar-refractivity contribution in [1.82, 2.24) is 0 Å². The molecule has 0 saturated heterocycles. The van der Waals surface area contributed by atoms with Crippen molar-refractivity contribution in [3.8, 4) is 0 Å². The second-order valence-electron chi connectivity index (χ2n) is 5.34. The van der Waals surface area contributed by atoms with E-state index in [0.717, 1.165) is 28.4 Å². The zero-order valence-corrected chi connectivity index (χ0v) is 15.1. The zero-order chi connectivity index (χ0) is 20.2. The van der Waals surface area contributed by atoms with Gasteiger partial charge < -0.3 is 23.7 Å². The summed E-state index contributed by atoms with van der Waals surface area (Å²) in [5, 5.41) is 0. The van der Waals surface area contributed by atoms with Crippen molar-refractivity contribution < 1.29 is 42.9 Å². The molecule has 1 unspecified atom stereocenters. The molecule has 0 fully saturated rings. The molecule has 0 radical (unpaired) electrons. The van der Waals surface area contributed by atoms with Gasteiger partial charge in [-0.1, -0.05) is 30.3 Å². The lowest BCUT2D eigenvalue weighted by Gasteiger charge is -2.26. The van der Waals surface area contributed by atoms with Gasteiger partial charge in [0.15, 0.2) is 0 Å². The minimum absolute atomic E-state index is 0.355. The maximum Gasteiger partial charge on any atom is 0.355 e. The maximum absolute atomic E-state index is 12.6. The fourth-order valence-corrected chi connectivity index (χ4v) is 2.82. The highest BCUT2D eigenvalue weighted by atomic mass is 16.6. The Bertz CT molecular complexity index is 778. The van der Waals surface area contributed by atoms with E-state index in [1.165, 1.54) is 0 Å². The molecule has 144 valence electrons. The average molecular weight is 378 g/mol. The summed E-state index contributed by atoms with van der Waals surface area (Å²) in [6, 6.07) is 8.21. The van der Waals surface area contributed by atoms with E-state index in [1.54, 1.807) is 30.3 Å². The predicted molar refractivity (Wildman–Crippen MR) is 88.1 cm³/mol. The molecule has 27 heavy (non-hydrogen) atoms. The van der Waals surface area contributed by atoms with Gasteiger partial charge in [0.25, 0.3) is 5.60 Å². The van der Waals surface area contributed by atoms with Crippen LogP contribution in [0.25, 0.3) is 0 Å². The summed E-state index contributed by atoms with van der Waals surface area (Å²) in [5.74, 6) is -4.59. The monoisotopic (exact) mass is 378 g/mol. The predicted octanol–water partition coefficient (Wildman–Crippen LogP) is 0.485. The molecule has 1 aliphatic heterocycles. The van der Waals surface area contributed by atoms with E-state index >= 15 is 0 Å². The van der Waals surface area contributed by atoms with E-state index < -0.39 is 41.2 Å². The minimum atomic E-state index is -2.64. The number of hydrogen-bond acceptors (Lipinski definition) is 9. The standard InChI is InChI=1S/C18H18O9/c1-23-14(19)11-12(15(20)24-2)18(16(21)25-3,17(22)26-4)27-13(11)10-8-6-5-7-9-10/h5-9,13H,1-4H3. The molecule has 1 aromatic rings. The Kier molecular flexibility index (Phi) is 5.96. The van der Waals surface area contributed by atoms with Crippen LogP contribution in [0.1, 0.15) is 11.7 Å². The second kappa shape index (κ2) is 8.00. The van der Waals surface area contributed by atoms with Gasteiger partial charge in [-0.15, -0.1) is 0 Å². The SMILES string of the molecule is COC(=O)C1=C(C(=O)OC)C(C(=O)OC)(C(=O)OC)OC1c1ccccc1. The molecule has 1 atom stereocenters. The van der Waals surface area contributed by atoms with Crippen molar-refractivity contribution in [2.75, 3.05) is 28.4 Å². The van der Waals surface area contributed by atoms with Gasteiger partial charge in [-0.05, 0) is 5.56 Å². The fraction of sp³-hybridized carbons (Fsp3) is 0.333. The lowest BCUT2D eigenvalue weighted by molar-refractivity contribution is -0.185. The van der Waals surface area contributed by atoms with Crippen LogP contribution in [-0.4, -0.2) is 57.9 Å². The summed E-state index contributed by atoms with van der Waals surface area (Å²) in [5.41, 5.74) is -3.24. The molecule has 2 rings (SSSR count). The van der Waals surface area contributed by atoms with Gasteiger partial charge >= 0.3 is 23.9 Å². The van der Waals surface area contributed by atoms with Crippen molar-refractivity contribution in [1.29, 1.82) is 0 Å². The Hall–Kier alpha value is -3.20. The summed E-state index contributed by atoms with van der Waals surface area (Å²) < 4.78 is 24.5. The largest absolute Gasteiger partial charge is 0.466 e. The smallest absolute Gasteiger partial charge is 0.355 e. The van der Waals surface area contributed by atoms with Crippen molar-refractivity contribution in [3.63, 3.8) is 0 Å². The number of carbonyl (C=O) groups excluding carboxylic acids is 4. The molecule has 1 aliphatic rings. The van der Waals surface area contributed by atoms with Crippen LogP contribution in [0, 0.1) is 0 Å². The zero-order valence-electron chi connectivity index (χ0n) is 15.1. The number of methoxy groups -OCH3 is 4. The van der Waals surface area contributed by atoms with Crippen LogP contribution in [0.5, 0.6) is 0 Å². The maximum atomic E-state index is 12.6. The Labute approximate surface area is 154 Å². The van der Waals surface area contributed by atoms with Gasteiger partial charge in [-0.25, -0.2) is 19.2 Å². The van der Waals surface area contributed by atoms with Crippen LogP contribution in [0.15, 0.2) is 41.5 Å². The molecular formula is C18H18O9. The Morgan fingerprint density at radius 1 is 0.815 bits per heavy atom. The first-order chi connectivity index (χ1) is 12.9. The van der Waals surface area contributed by atoms with Crippen molar-refractivity contribution in [3.05, 3.63) is 47.0 Å². The van der Waals surface area contributed by atoms with Crippen LogP contribution in [0.2, 0.25) is 0 Å². The minimum Gasteiger partial charge on any atom is -0.466 e. The molecule has 0 aromatic heterocycles. The van der Waals surface area contributed by atoms with E-state index in [-0.39, 0.29) is 5.57 Å². The highest BCUT2D eigenvalue weighted by molar-refractivity contribution is 6.19. The van der Waals surface area contributed by atoms with Gasteiger partial charge in [0.05, 0.1) is 34.0 Å². The average Bonchev–Trinajstić information content (AvgIpc) is 3.09. The molecule has 1 aromatic carbocycles. The number of carbonyl (C=O) groups is 4. The molecule has 9 heteroatoms. The van der Waals surface area contributed by atoms with Crippen LogP contribution in [0.4, 0.5) is 0 Å². The first kappa shape index (κ1) is 20.1. The highest BCUT2D eigenvalue weighted by Gasteiger charge is 2.65. The molecule has 0 amide bonds. The van der Waals surface area contributed by atoms with Gasteiger partial charge in [0.2, 0.25) is 0 Å². The molecular weight excluding hydrogens is 360 g/mol. The normalized spacial score (nSPS) is 17.9. The second-order valence-corrected chi connectivity index (χ2v) is 5.34. The molecule has 0 saturated carbocycles. The molecule has 0 spiro atoms. The molecule has 0 aliphatic carbocycles. The number of rotatable bonds is 5. The van der Waals surface area contributed by atoms with Crippen LogP contribution in [0.3, 0.4) is 0 Å². The highest BCUT2D eigenvalue weighted by Crippen LogP contribution is 2.46. The fourth-order valence-electron chi connectivity index (χ4n) is 2.82. The van der Waals surface area contributed by atoms with E-state index in [0.29, 0.717) is 5.56 Å². The third kappa shape index (κ3) is 3.17. The van der Waals surface area contributed by atoms with Crippen LogP contribution >= 0.6 is 0 Å². The number of hydrogen-bond donors (Lipinski definition) is 0. The molecule has 0 N–H and O–H groups in total. The summed E-state index contributed by atoms with van der Waals surface area (Å²) in [6.45, 7) is 0. The number of esters is 4. The van der Waals surface area contributed by atoms with Gasteiger partial charge in [0, 0.05) is 0 Å². The van der Waals surface area contributed by atoms with E-state index in [2.05, 4.69) is 14.2 Å². The van der Waals surface area contributed by atoms with Gasteiger partial charge in [-0.2, -0.15) is 0 Å². The van der Waals surface area contributed by atoms with E-state index in [4.69, 9.17) is 9.47 Å². The Balaban J connectivity index is 2.87. The topological polar surface area (TPSA) is 114 Å². The Morgan fingerprint density at radius 3 is 1.78 bits per heavy atom. The van der Waals surface area contributed by atoms with Crippen molar-refractivity contribution in [2.24, 2.45) is 0 Å². The van der Waals surface area contributed by atoms with Crippen molar-refractivity contribution in [2.45, 2.75) is 11.7 Å². The lowest BCUT2D eigenvalue weighted by Crippen LogP contribution is -2.52. The quantitative estimate of drug-likeness (QED) is 0.410. The molecule has 9 nitrogen and oxygen atoms in total. The van der Waals surface area contributed by atoms with Gasteiger partial charge in [0.1, 0.15) is 11.7 Å². The summed E-state index contributed by atoms with van der Waals surface area (Å²) >= 11 is 0. The third-order valence-corrected chi connectivity index (χ3v) is 4.02. The van der Waals surface area contributed by atoms with E-state index in [1.807, 2.05) is 0 Å². The third-order valence-electron chi connectivity index (χ3n) is 4.02. The Morgan fingerprint density at radius 2 is 1.33 bits per heavy atom. The summed E-state index contributed by atoms with van der Waals surface area (Å²) in [4.78, 5) is 50.1. The first-order valence-electron chi connectivity index (χ1n) is 7.69. The first-order valence-corrected chi connectivity index (χ1v) is 7.69. The van der Waals surface area contributed by atoms with Crippen LogP contribution in [-0.2, 0) is 42.9 Å². The summed E-state index contributed by atoms with van der Waals surface area (Å²) in [6.07, 6.45) is -1.27. The van der Waals surface area contributed by atoms with Gasteiger partial charge in [-0.3, -0.25) is 0 Å². The summed E-state index contributed by atoms with van der Waals surface area (Å²) in [7, 11) is 4.11. The van der Waals surface area contributed by atoms with Crippen molar-refractivity contribution >= 4 is 23.9 Å². The number of benzene rings is 1. The van der Waals surface area contributed by atoms with E-state index in [9.17, 15) is 19.2 Å².